The van der Waals surface area contributed by atoms with Gasteiger partial charge in [0.1, 0.15) is 12.0 Å². The summed E-state index contributed by atoms with van der Waals surface area (Å²) in [7, 11) is 0. The molecule has 2 aliphatic rings. The number of rotatable bonds is 3. The molecule has 19 heavy (non-hydrogen) atoms. The first-order valence-corrected chi connectivity index (χ1v) is 6.85. The van der Waals surface area contributed by atoms with Crippen LogP contribution in [-0.4, -0.2) is 40.0 Å². The zero-order chi connectivity index (χ0) is 13.2. The van der Waals surface area contributed by atoms with Gasteiger partial charge in [0.2, 0.25) is 0 Å². The van der Waals surface area contributed by atoms with E-state index in [1.165, 1.54) is 38.1 Å². The first kappa shape index (κ1) is 12.3. The molecular weight excluding hydrogens is 244 g/mol. The van der Waals surface area contributed by atoms with E-state index in [1.807, 2.05) is 0 Å². The molecular formula is C13H18N4O2. The van der Waals surface area contributed by atoms with Crippen molar-refractivity contribution in [2.45, 2.75) is 37.8 Å². The highest BCUT2D eigenvalue weighted by Gasteiger charge is 2.35. The van der Waals surface area contributed by atoms with Crippen molar-refractivity contribution in [3.63, 3.8) is 0 Å². The van der Waals surface area contributed by atoms with Gasteiger partial charge in [-0.15, -0.1) is 0 Å². The summed E-state index contributed by atoms with van der Waals surface area (Å²) in [6, 6.07) is 4.23. The zero-order valence-electron chi connectivity index (χ0n) is 10.8. The van der Waals surface area contributed by atoms with Gasteiger partial charge in [-0.2, -0.15) is 0 Å². The Bertz CT molecular complexity index is 462. The average Bonchev–Trinajstić information content (AvgIpc) is 2.83. The minimum atomic E-state index is -0.421. The zero-order valence-corrected chi connectivity index (χ0v) is 10.8. The average molecular weight is 262 g/mol. The van der Waals surface area contributed by atoms with Crippen molar-refractivity contribution in [3.8, 4) is 0 Å². The lowest BCUT2D eigenvalue weighted by Gasteiger charge is -2.32. The van der Waals surface area contributed by atoms with E-state index in [0.29, 0.717) is 12.1 Å². The summed E-state index contributed by atoms with van der Waals surface area (Å²) in [5, 5.41) is 14.0. The lowest BCUT2D eigenvalue weighted by Crippen LogP contribution is -2.41. The Kier molecular flexibility index (Phi) is 3.33. The highest BCUT2D eigenvalue weighted by molar-refractivity contribution is 5.41. The van der Waals surface area contributed by atoms with Crippen LogP contribution < -0.4 is 5.32 Å². The fourth-order valence-electron chi connectivity index (χ4n) is 3.19. The lowest BCUT2D eigenvalue weighted by molar-refractivity contribution is -0.385. The quantitative estimate of drug-likeness (QED) is 0.666. The van der Waals surface area contributed by atoms with E-state index in [2.05, 4.69) is 15.2 Å². The van der Waals surface area contributed by atoms with Gasteiger partial charge in [-0.1, -0.05) is 6.42 Å². The van der Waals surface area contributed by atoms with E-state index in [4.69, 9.17) is 0 Å². The number of pyridine rings is 1. The third kappa shape index (κ3) is 2.53. The van der Waals surface area contributed by atoms with Crippen LogP contribution in [0.5, 0.6) is 0 Å². The fourth-order valence-corrected chi connectivity index (χ4v) is 3.19. The number of fused-ring (bicyclic) bond motifs is 1. The van der Waals surface area contributed by atoms with Gasteiger partial charge in [0, 0.05) is 24.7 Å². The Hall–Kier alpha value is -1.69. The third-order valence-electron chi connectivity index (χ3n) is 4.15. The molecule has 2 saturated heterocycles. The van der Waals surface area contributed by atoms with Crippen LogP contribution in [0.1, 0.15) is 25.7 Å². The minimum absolute atomic E-state index is 0.0382. The Morgan fingerprint density at radius 3 is 2.95 bits per heavy atom. The number of aromatic nitrogens is 1. The first-order valence-electron chi connectivity index (χ1n) is 6.85. The molecule has 0 aliphatic carbocycles. The molecule has 3 heterocycles. The van der Waals surface area contributed by atoms with E-state index in [1.54, 1.807) is 6.07 Å². The number of piperidine rings is 1. The molecule has 3 rings (SSSR count). The molecule has 2 aliphatic heterocycles. The molecule has 6 nitrogen and oxygen atoms in total. The van der Waals surface area contributed by atoms with Crippen LogP contribution in [0, 0.1) is 10.1 Å². The number of hydrogen-bond acceptors (Lipinski definition) is 5. The van der Waals surface area contributed by atoms with E-state index < -0.39 is 4.92 Å². The van der Waals surface area contributed by atoms with Crippen LogP contribution in [0.4, 0.5) is 11.5 Å². The fraction of sp³-hybridized carbons (Fsp3) is 0.615. The lowest BCUT2D eigenvalue weighted by atomic mass is 9.99. The summed E-state index contributed by atoms with van der Waals surface area (Å²) >= 11 is 0. The second-order valence-electron chi connectivity index (χ2n) is 5.30. The van der Waals surface area contributed by atoms with Crippen LogP contribution in [0.25, 0.3) is 0 Å². The number of nitrogens with zero attached hydrogens (tertiary/aromatic N) is 3. The van der Waals surface area contributed by atoms with Crippen molar-refractivity contribution < 1.29 is 4.92 Å². The van der Waals surface area contributed by atoms with Gasteiger partial charge in [0.25, 0.3) is 5.69 Å². The molecule has 0 bridgehead atoms. The second-order valence-corrected chi connectivity index (χ2v) is 5.30. The molecule has 1 N–H and O–H groups in total. The summed E-state index contributed by atoms with van der Waals surface area (Å²) < 4.78 is 0. The molecule has 0 aromatic carbocycles. The van der Waals surface area contributed by atoms with Crippen LogP contribution in [-0.2, 0) is 0 Å². The van der Waals surface area contributed by atoms with Gasteiger partial charge < -0.3 is 5.32 Å². The maximum absolute atomic E-state index is 10.6. The largest absolute Gasteiger partial charge is 0.366 e. The maximum atomic E-state index is 10.6. The van der Waals surface area contributed by atoms with E-state index >= 15 is 0 Å². The number of anilines is 1. The molecule has 2 atom stereocenters. The number of nitro groups is 1. The molecule has 102 valence electrons. The Labute approximate surface area is 112 Å². The second kappa shape index (κ2) is 5.13. The van der Waals surface area contributed by atoms with E-state index in [0.717, 1.165) is 18.8 Å². The van der Waals surface area contributed by atoms with Gasteiger partial charge in [0.15, 0.2) is 0 Å². The van der Waals surface area contributed by atoms with Crippen LogP contribution in [0.3, 0.4) is 0 Å². The van der Waals surface area contributed by atoms with Crippen molar-refractivity contribution >= 4 is 11.5 Å². The van der Waals surface area contributed by atoms with Crippen molar-refractivity contribution in [1.82, 2.24) is 9.88 Å². The standard InChI is InChI=1S/C13H18N4O2/c18-17(19)10-4-5-13(14-9-10)15-11-6-8-16-7-2-1-3-12(11)16/h4-5,9,11-12H,1-3,6-8H2,(H,14,15)/t11-,12-/m1/s1. The van der Waals surface area contributed by atoms with Gasteiger partial charge in [-0.05, 0) is 31.9 Å². The number of hydrogen-bond donors (Lipinski definition) is 1. The smallest absolute Gasteiger partial charge is 0.287 e. The van der Waals surface area contributed by atoms with Gasteiger partial charge >= 0.3 is 0 Å². The third-order valence-corrected chi connectivity index (χ3v) is 4.15. The Morgan fingerprint density at radius 2 is 2.21 bits per heavy atom. The van der Waals surface area contributed by atoms with Crippen molar-refractivity contribution in [2.75, 3.05) is 18.4 Å². The molecule has 0 saturated carbocycles. The van der Waals surface area contributed by atoms with E-state index in [-0.39, 0.29) is 5.69 Å². The molecule has 2 fully saturated rings. The van der Waals surface area contributed by atoms with Crippen LogP contribution >= 0.6 is 0 Å². The summed E-state index contributed by atoms with van der Waals surface area (Å²) in [6.07, 6.45) is 6.29. The van der Waals surface area contributed by atoms with Crippen LogP contribution in [0.15, 0.2) is 18.3 Å². The first-order chi connectivity index (χ1) is 9.24. The highest BCUT2D eigenvalue weighted by atomic mass is 16.6. The molecule has 0 unspecified atom stereocenters. The molecule has 0 amide bonds. The summed E-state index contributed by atoms with van der Waals surface area (Å²) in [5.74, 6) is 0.739. The molecule has 6 heteroatoms. The molecule has 0 radical (unpaired) electrons. The van der Waals surface area contributed by atoms with Gasteiger partial charge in [0.05, 0.1) is 4.92 Å². The van der Waals surface area contributed by atoms with Crippen molar-refractivity contribution in [3.05, 3.63) is 28.4 Å². The van der Waals surface area contributed by atoms with Gasteiger partial charge in [-0.3, -0.25) is 15.0 Å². The predicted octanol–water partition coefficient (Wildman–Crippen LogP) is 2.03. The summed E-state index contributed by atoms with van der Waals surface area (Å²) in [5.41, 5.74) is 0.0382. The van der Waals surface area contributed by atoms with E-state index in [9.17, 15) is 10.1 Å². The minimum Gasteiger partial charge on any atom is -0.366 e. The normalized spacial score (nSPS) is 26.9. The van der Waals surface area contributed by atoms with Gasteiger partial charge in [-0.25, -0.2) is 4.98 Å². The monoisotopic (exact) mass is 262 g/mol. The summed E-state index contributed by atoms with van der Waals surface area (Å²) in [4.78, 5) is 16.8. The molecule has 1 aromatic heterocycles. The van der Waals surface area contributed by atoms with Crippen molar-refractivity contribution in [1.29, 1.82) is 0 Å². The molecule has 0 spiro atoms. The van der Waals surface area contributed by atoms with Crippen molar-refractivity contribution in [2.24, 2.45) is 0 Å². The Morgan fingerprint density at radius 1 is 1.32 bits per heavy atom. The molecule has 1 aromatic rings. The topological polar surface area (TPSA) is 71.3 Å². The predicted molar refractivity (Wildman–Crippen MR) is 72.1 cm³/mol. The van der Waals surface area contributed by atoms with Crippen LogP contribution in [0.2, 0.25) is 0 Å². The number of nitrogens with one attached hydrogen (secondary N) is 1. The Balaban J connectivity index is 1.66. The summed E-state index contributed by atoms with van der Waals surface area (Å²) in [6.45, 7) is 2.35. The maximum Gasteiger partial charge on any atom is 0.287 e. The highest BCUT2D eigenvalue weighted by Crippen LogP contribution is 2.29. The SMILES string of the molecule is O=[N+]([O-])c1ccc(N[C@@H]2CCN3CCCC[C@H]23)nc1.